The number of hydrogen-bond acceptors (Lipinski definition) is 3. The van der Waals surface area contributed by atoms with Crippen molar-refractivity contribution in [3.63, 3.8) is 0 Å². The van der Waals surface area contributed by atoms with Gasteiger partial charge < -0.3 is 4.55 Å². The Morgan fingerprint density at radius 3 is 1.00 bits per heavy atom. The van der Waals surface area contributed by atoms with Crippen molar-refractivity contribution >= 4 is 10.1 Å². The molecule has 0 saturated carbocycles. The Labute approximate surface area is 200 Å². The van der Waals surface area contributed by atoms with E-state index in [9.17, 15) is 13.0 Å². The van der Waals surface area contributed by atoms with Gasteiger partial charge in [0.15, 0.2) is 0 Å². The number of hydrogen-bond donors (Lipinski definition) is 0. The first kappa shape index (κ1) is 28.8. The van der Waals surface area contributed by atoms with Crippen molar-refractivity contribution in [3.05, 3.63) is 0 Å². The molecule has 0 N–H and O–H groups in total. The predicted molar refractivity (Wildman–Crippen MR) is 103 cm³/mol. The fourth-order valence-electron chi connectivity index (χ4n) is 3.18. The minimum absolute atomic E-state index is 0. The van der Waals surface area contributed by atoms with Gasteiger partial charge in [-0.1, -0.05) is 116 Å². The molecule has 0 aromatic rings. The van der Waals surface area contributed by atoms with Crippen molar-refractivity contribution in [2.45, 2.75) is 122 Å². The van der Waals surface area contributed by atoms with Crippen molar-refractivity contribution in [3.8, 4) is 0 Å². The molecule has 3 nitrogen and oxygen atoms in total. The summed E-state index contributed by atoms with van der Waals surface area (Å²) in [4.78, 5) is 0. The van der Waals surface area contributed by atoms with E-state index in [4.69, 9.17) is 0 Å². The van der Waals surface area contributed by atoms with Crippen LogP contribution in [0.2, 0.25) is 0 Å². The van der Waals surface area contributed by atoms with Gasteiger partial charge in [-0.05, 0) is 6.42 Å². The summed E-state index contributed by atoms with van der Waals surface area (Å²) in [6.45, 7) is 2.27. The fraction of sp³-hybridized carbons (Fsp3) is 1.00. The van der Waals surface area contributed by atoms with E-state index in [1.54, 1.807) is 0 Å². The molecule has 146 valence electrons. The van der Waals surface area contributed by atoms with E-state index in [1.165, 1.54) is 96.3 Å². The van der Waals surface area contributed by atoms with Crippen LogP contribution in [-0.4, -0.2) is 18.7 Å². The molecule has 0 aliphatic rings. The molecule has 0 atom stereocenters. The van der Waals surface area contributed by atoms with Gasteiger partial charge in [-0.15, -0.1) is 0 Å². The van der Waals surface area contributed by atoms with Crippen LogP contribution in [0, 0.1) is 0 Å². The van der Waals surface area contributed by atoms with E-state index in [1.807, 2.05) is 0 Å². The second kappa shape index (κ2) is 21.8. The SMILES string of the molecule is CCCCCCCCCCCCCCCCCCCCS(=O)(=O)[O-].[K+]. The normalized spacial score (nSPS) is 11.4. The summed E-state index contributed by atoms with van der Waals surface area (Å²) in [7, 11) is -4.00. The first-order valence-corrected chi connectivity index (χ1v) is 12.1. The van der Waals surface area contributed by atoms with Crippen molar-refractivity contribution in [2.24, 2.45) is 0 Å². The molecular formula is C20H41KO3S. The van der Waals surface area contributed by atoms with Crippen molar-refractivity contribution < 1.29 is 64.4 Å². The molecule has 5 heteroatoms. The Kier molecular flexibility index (Phi) is 25.1. The van der Waals surface area contributed by atoms with Crippen molar-refractivity contribution in [1.29, 1.82) is 0 Å². The second-order valence-corrected chi connectivity index (χ2v) is 8.80. The summed E-state index contributed by atoms with van der Waals surface area (Å²) >= 11 is 0. The van der Waals surface area contributed by atoms with Gasteiger partial charge in [0.05, 0.1) is 10.1 Å². The van der Waals surface area contributed by atoms with Gasteiger partial charge in [0, 0.05) is 5.75 Å². The molecule has 0 rings (SSSR count). The second-order valence-electron chi connectivity index (χ2n) is 7.27. The topological polar surface area (TPSA) is 57.2 Å². The van der Waals surface area contributed by atoms with E-state index >= 15 is 0 Å². The zero-order valence-corrected chi connectivity index (χ0v) is 21.0. The molecule has 0 radical (unpaired) electrons. The van der Waals surface area contributed by atoms with Crippen LogP contribution in [0.5, 0.6) is 0 Å². The average molecular weight is 401 g/mol. The third-order valence-corrected chi connectivity index (χ3v) is 5.54. The molecular weight excluding hydrogens is 359 g/mol. The molecule has 0 fully saturated rings. The standard InChI is InChI=1S/C20H42O3S.K/c1-2-3-4-5-6-7-8-9-10-11-12-13-14-15-16-17-18-19-20-24(21,22)23;/h2-20H2,1H3,(H,21,22,23);/q;+1/p-1. The fourth-order valence-corrected chi connectivity index (χ4v) is 3.74. The van der Waals surface area contributed by atoms with Crippen LogP contribution >= 0.6 is 0 Å². The van der Waals surface area contributed by atoms with E-state index in [-0.39, 0.29) is 57.1 Å². The third-order valence-electron chi connectivity index (χ3n) is 4.75. The molecule has 0 aliphatic heterocycles. The quantitative estimate of drug-likeness (QED) is 0.189. The molecule has 0 aromatic carbocycles. The van der Waals surface area contributed by atoms with Gasteiger partial charge in [-0.2, -0.15) is 0 Å². The van der Waals surface area contributed by atoms with Gasteiger partial charge in [0.25, 0.3) is 0 Å². The third kappa shape index (κ3) is 27.9. The maximum atomic E-state index is 10.4. The van der Waals surface area contributed by atoms with Crippen molar-refractivity contribution in [2.75, 3.05) is 5.75 Å². The molecule has 0 spiro atoms. The van der Waals surface area contributed by atoms with E-state index in [0.29, 0.717) is 6.42 Å². The number of unbranched alkanes of at least 4 members (excludes halogenated alkanes) is 17. The van der Waals surface area contributed by atoms with E-state index < -0.39 is 10.1 Å². The molecule has 0 heterocycles. The number of rotatable bonds is 19. The molecule has 0 saturated heterocycles. The Bertz CT molecular complexity index is 345. The van der Waals surface area contributed by atoms with Crippen LogP contribution < -0.4 is 51.4 Å². The average Bonchev–Trinajstić information content (AvgIpc) is 2.52. The van der Waals surface area contributed by atoms with Crippen LogP contribution in [-0.2, 0) is 10.1 Å². The maximum Gasteiger partial charge on any atom is 1.00 e. The van der Waals surface area contributed by atoms with Crippen LogP contribution in [0.25, 0.3) is 0 Å². The van der Waals surface area contributed by atoms with Crippen LogP contribution in [0.4, 0.5) is 0 Å². The molecule has 0 unspecified atom stereocenters. The van der Waals surface area contributed by atoms with E-state index in [0.717, 1.165) is 12.8 Å². The first-order valence-electron chi connectivity index (χ1n) is 10.5. The Morgan fingerprint density at radius 2 is 0.760 bits per heavy atom. The van der Waals surface area contributed by atoms with Gasteiger partial charge in [0.1, 0.15) is 0 Å². The molecule has 25 heavy (non-hydrogen) atoms. The van der Waals surface area contributed by atoms with Crippen LogP contribution in [0.15, 0.2) is 0 Å². The van der Waals surface area contributed by atoms with E-state index in [2.05, 4.69) is 6.92 Å². The first-order chi connectivity index (χ1) is 11.6. The Balaban J connectivity index is 0. The van der Waals surface area contributed by atoms with Crippen LogP contribution in [0.3, 0.4) is 0 Å². The van der Waals surface area contributed by atoms with Gasteiger partial charge in [-0.25, -0.2) is 8.42 Å². The Hall–Kier alpha value is 1.55. The predicted octanol–water partition coefficient (Wildman–Crippen LogP) is 3.58. The summed E-state index contributed by atoms with van der Waals surface area (Å²) in [6.07, 6.45) is 23.0. The summed E-state index contributed by atoms with van der Waals surface area (Å²) in [6, 6.07) is 0. The molecule has 0 bridgehead atoms. The Morgan fingerprint density at radius 1 is 0.520 bits per heavy atom. The minimum atomic E-state index is -4.00. The van der Waals surface area contributed by atoms with Crippen molar-refractivity contribution in [1.82, 2.24) is 0 Å². The summed E-state index contributed by atoms with van der Waals surface area (Å²) in [5.74, 6) is -0.189. The van der Waals surface area contributed by atoms with Crippen LogP contribution in [0.1, 0.15) is 122 Å². The van der Waals surface area contributed by atoms with Gasteiger partial charge >= 0.3 is 51.4 Å². The maximum absolute atomic E-state index is 10.4. The largest absolute Gasteiger partial charge is 1.00 e. The monoisotopic (exact) mass is 400 g/mol. The molecule has 0 aliphatic carbocycles. The summed E-state index contributed by atoms with van der Waals surface area (Å²) < 4.78 is 31.3. The molecule has 0 amide bonds. The van der Waals surface area contributed by atoms with Gasteiger partial charge in [0.2, 0.25) is 0 Å². The minimum Gasteiger partial charge on any atom is -0.748 e. The van der Waals surface area contributed by atoms with Gasteiger partial charge in [-0.3, -0.25) is 0 Å². The zero-order valence-electron chi connectivity index (χ0n) is 17.1. The zero-order chi connectivity index (χ0) is 17.9. The summed E-state index contributed by atoms with van der Waals surface area (Å²) in [5.41, 5.74) is 0. The molecule has 0 aromatic heterocycles. The smallest absolute Gasteiger partial charge is 0.748 e. The summed E-state index contributed by atoms with van der Waals surface area (Å²) in [5, 5.41) is 0.